The summed E-state index contributed by atoms with van der Waals surface area (Å²) in [5.41, 5.74) is 0. The summed E-state index contributed by atoms with van der Waals surface area (Å²) in [6, 6.07) is 0.367. The third-order valence-corrected chi connectivity index (χ3v) is 4.75. The molecule has 0 unspecified atom stereocenters. The van der Waals surface area contributed by atoms with Crippen molar-refractivity contribution in [2.75, 3.05) is 14.2 Å². The van der Waals surface area contributed by atoms with Crippen LogP contribution in [0.4, 0.5) is 0 Å². The van der Waals surface area contributed by atoms with Crippen LogP contribution < -0.4 is 0 Å². The van der Waals surface area contributed by atoms with E-state index in [1.165, 1.54) is 0 Å². The first-order chi connectivity index (χ1) is 10.5. The fourth-order valence-electron chi connectivity index (χ4n) is 3.27. The van der Waals surface area contributed by atoms with Crippen molar-refractivity contribution >= 4 is 5.91 Å². The molecule has 5 nitrogen and oxygen atoms in total. The number of methoxy groups -OCH3 is 1. The Balaban J connectivity index is 1.83. The third-order valence-electron chi connectivity index (χ3n) is 4.75. The summed E-state index contributed by atoms with van der Waals surface area (Å²) in [5.74, 6) is 1.66. The Morgan fingerprint density at radius 2 is 2.09 bits per heavy atom. The molecule has 0 radical (unpaired) electrons. The molecule has 2 rings (SSSR count). The van der Waals surface area contributed by atoms with Gasteiger partial charge in [0.15, 0.2) is 0 Å². The standard InChI is InChI=1S/C17H29N3O2/c1-13(2)17-18-10-12-20(17)11-9-16(21)19(3)14-5-7-15(22-4)8-6-14/h10,12-15H,5-9,11H2,1-4H3. The number of hydrogen-bond donors (Lipinski definition) is 0. The lowest BCUT2D eigenvalue weighted by Crippen LogP contribution is -2.40. The molecule has 1 fully saturated rings. The highest BCUT2D eigenvalue weighted by molar-refractivity contribution is 5.76. The predicted molar refractivity (Wildman–Crippen MR) is 86.8 cm³/mol. The van der Waals surface area contributed by atoms with Crippen molar-refractivity contribution < 1.29 is 9.53 Å². The van der Waals surface area contributed by atoms with Crippen LogP contribution in [0, 0.1) is 0 Å². The zero-order valence-corrected chi connectivity index (χ0v) is 14.3. The van der Waals surface area contributed by atoms with Crippen molar-refractivity contribution in [2.24, 2.45) is 0 Å². The van der Waals surface area contributed by atoms with Gasteiger partial charge in [-0.1, -0.05) is 13.8 Å². The molecule has 0 aromatic carbocycles. The third kappa shape index (κ3) is 4.09. The minimum absolute atomic E-state index is 0.226. The van der Waals surface area contributed by atoms with Crippen molar-refractivity contribution in [1.29, 1.82) is 0 Å². The van der Waals surface area contributed by atoms with E-state index in [0.717, 1.165) is 31.5 Å². The van der Waals surface area contributed by atoms with Crippen molar-refractivity contribution in [2.45, 2.75) is 70.6 Å². The van der Waals surface area contributed by atoms with Gasteiger partial charge in [-0.25, -0.2) is 4.98 Å². The van der Waals surface area contributed by atoms with Crippen molar-refractivity contribution in [3.63, 3.8) is 0 Å². The van der Waals surface area contributed by atoms with Crippen LogP contribution in [-0.4, -0.2) is 46.7 Å². The minimum atomic E-state index is 0.226. The number of nitrogens with zero attached hydrogens (tertiary/aromatic N) is 3. The molecule has 0 atom stereocenters. The number of amides is 1. The fourth-order valence-corrected chi connectivity index (χ4v) is 3.27. The molecule has 0 spiro atoms. The molecule has 1 saturated carbocycles. The first kappa shape index (κ1) is 17.0. The first-order valence-electron chi connectivity index (χ1n) is 8.32. The predicted octanol–water partition coefficient (Wildman–Crippen LogP) is 2.81. The number of rotatable bonds is 6. The van der Waals surface area contributed by atoms with E-state index in [-0.39, 0.29) is 5.91 Å². The minimum Gasteiger partial charge on any atom is -0.381 e. The summed E-state index contributed by atoms with van der Waals surface area (Å²) in [4.78, 5) is 18.7. The van der Waals surface area contributed by atoms with Gasteiger partial charge in [0.2, 0.25) is 5.91 Å². The molecule has 0 N–H and O–H groups in total. The van der Waals surface area contributed by atoms with Gasteiger partial charge in [-0.05, 0) is 25.7 Å². The van der Waals surface area contributed by atoms with Gasteiger partial charge in [-0.3, -0.25) is 4.79 Å². The lowest BCUT2D eigenvalue weighted by molar-refractivity contribution is -0.133. The van der Waals surface area contributed by atoms with Gasteiger partial charge >= 0.3 is 0 Å². The van der Waals surface area contributed by atoms with Crippen molar-refractivity contribution in [3.8, 4) is 0 Å². The van der Waals surface area contributed by atoms with Crippen LogP contribution in [0.2, 0.25) is 0 Å². The number of aryl methyl sites for hydroxylation is 1. The Bertz CT molecular complexity index is 476. The molecule has 5 heteroatoms. The molecule has 1 amide bonds. The van der Waals surface area contributed by atoms with Gasteiger partial charge in [-0.15, -0.1) is 0 Å². The molecule has 124 valence electrons. The summed E-state index contributed by atoms with van der Waals surface area (Å²) < 4.78 is 7.49. The van der Waals surface area contributed by atoms with E-state index in [9.17, 15) is 4.79 Å². The Labute approximate surface area is 133 Å². The van der Waals surface area contributed by atoms with E-state index < -0.39 is 0 Å². The smallest absolute Gasteiger partial charge is 0.224 e. The highest BCUT2D eigenvalue weighted by atomic mass is 16.5. The summed E-state index contributed by atoms with van der Waals surface area (Å²) in [5, 5.41) is 0. The van der Waals surface area contributed by atoms with E-state index in [1.54, 1.807) is 7.11 Å². The molecule has 0 aliphatic heterocycles. The molecule has 1 aromatic rings. The van der Waals surface area contributed by atoms with E-state index in [4.69, 9.17) is 4.74 Å². The maximum atomic E-state index is 12.4. The normalized spacial score (nSPS) is 22.0. The van der Waals surface area contributed by atoms with Crippen LogP contribution >= 0.6 is 0 Å². The second-order valence-electron chi connectivity index (χ2n) is 6.55. The molecular formula is C17H29N3O2. The molecule has 0 bridgehead atoms. The average molecular weight is 307 g/mol. The number of hydrogen-bond acceptors (Lipinski definition) is 3. The molecule has 1 aromatic heterocycles. The van der Waals surface area contributed by atoms with E-state index in [0.29, 0.717) is 31.0 Å². The largest absolute Gasteiger partial charge is 0.381 e. The zero-order chi connectivity index (χ0) is 16.1. The Morgan fingerprint density at radius 3 is 2.68 bits per heavy atom. The Hall–Kier alpha value is -1.36. The Morgan fingerprint density at radius 1 is 1.41 bits per heavy atom. The number of ether oxygens (including phenoxy) is 1. The summed E-state index contributed by atoms with van der Waals surface area (Å²) in [6.07, 6.45) is 8.89. The molecule has 0 saturated heterocycles. The second-order valence-corrected chi connectivity index (χ2v) is 6.55. The monoisotopic (exact) mass is 307 g/mol. The molecule has 1 aliphatic rings. The highest BCUT2D eigenvalue weighted by Crippen LogP contribution is 2.24. The number of aromatic nitrogens is 2. The first-order valence-corrected chi connectivity index (χ1v) is 8.32. The average Bonchev–Trinajstić information content (AvgIpc) is 3.00. The SMILES string of the molecule is COC1CCC(N(C)C(=O)CCn2ccnc2C(C)C)CC1. The maximum absolute atomic E-state index is 12.4. The van der Waals surface area contributed by atoms with Crippen LogP contribution in [0.1, 0.15) is 57.7 Å². The Kier molecular flexibility index (Phi) is 6.00. The second kappa shape index (κ2) is 7.77. The zero-order valence-electron chi connectivity index (χ0n) is 14.3. The van der Waals surface area contributed by atoms with Crippen LogP contribution in [0.3, 0.4) is 0 Å². The van der Waals surface area contributed by atoms with Gasteiger partial charge in [0, 0.05) is 51.5 Å². The highest BCUT2D eigenvalue weighted by Gasteiger charge is 2.26. The summed E-state index contributed by atoms with van der Waals surface area (Å²) >= 11 is 0. The van der Waals surface area contributed by atoms with Gasteiger partial charge < -0.3 is 14.2 Å². The lowest BCUT2D eigenvalue weighted by Gasteiger charge is -2.34. The van der Waals surface area contributed by atoms with Crippen LogP contribution in [-0.2, 0) is 16.1 Å². The fraction of sp³-hybridized carbons (Fsp3) is 0.765. The van der Waals surface area contributed by atoms with Gasteiger partial charge in [-0.2, -0.15) is 0 Å². The number of carbonyl (C=O) groups excluding carboxylic acids is 1. The van der Waals surface area contributed by atoms with Crippen LogP contribution in [0.15, 0.2) is 12.4 Å². The summed E-state index contributed by atoms with van der Waals surface area (Å²) in [7, 11) is 3.72. The van der Waals surface area contributed by atoms with Crippen LogP contribution in [0.5, 0.6) is 0 Å². The summed E-state index contributed by atoms with van der Waals surface area (Å²) in [6.45, 7) is 4.96. The van der Waals surface area contributed by atoms with E-state index in [2.05, 4.69) is 23.4 Å². The van der Waals surface area contributed by atoms with E-state index in [1.807, 2.05) is 24.3 Å². The van der Waals surface area contributed by atoms with Crippen LogP contribution in [0.25, 0.3) is 0 Å². The number of imidazole rings is 1. The topological polar surface area (TPSA) is 47.4 Å². The van der Waals surface area contributed by atoms with Crippen molar-refractivity contribution in [3.05, 3.63) is 18.2 Å². The quantitative estimate of drug-likeness (QED) is 0.812. The van der Waals surface area contributed by atoms with E-state index >= 15 is 0 Å². The lowest BCUT2D eigenvalue weighted by atomic mass is 9.92. The molecule has 22 heavy (non-hydrogen) atoms. The molecule has 1 aliphatic carbocycles. The van der Waals surface area contributed by atoms with Gasteiger partial charge in [0.1, 0.15) is 5.82 Å². The maximum Gasteiger partial charge on any atom is 0.224 e. The molecular weight excluding hydrogens is 278 g/mol. The van der Waals surface area contributed by atoms with Crippen molar-refractivity contribution in [1.82, 2.24) is 14.5 Å². The molecule has 1 heterocycles. The van der Waals surface area contributed by atoms with Gasteiger partial charge in [0.25, 0.3) is 0 Å². The number of carbonyl (C=O) groups is 1. The van der Waals surface area contributed by atoms with Gasteiger partial charge in [0.05, 0.1) is 6.10 Å².